The number of hydrogen-bond acceptors (Lipinski definition) is 6. The predicted molar refractivity (Wildman–Crippen MR) is 103 cm³/mol. The number of anilines is 1. The van der Waals surface area contributed by atoms with E-state index in [0.29, 0.717) is 17.1 Å². The van der Waals surface area contributed by atoms with Crippen molar-refractivity contribution >= 4 is 23.5 Å². The summed E-state index contributed by atoms with van der Waals surface area (Å²) in [5, 5.41) is 4.79. The van der Waals surface area contributed by atoms with Crippen molar-refractivity contribution in [3.05, 3.63) is 53.3 Å². The summed E-state index contributed by atoms with van der Waals surface area (Å²) in [6.07, 6.45) is 0. The van der Waals surface area contributed by atoms with Gasteiger partial charge >= 0.3 is 5.97 Å². The number of ether oxygens (including phenoxy) is 3. The van der Waals surface area contributed by atoms with E-state index in [9.17, 15) is 18.8 Å². The molecule has 9 heteroatoms. The number of hydrogen-bond donors (Lipinski definition) is 2. The number of nitrogens with one attached hydrogen (secondary N) is 2. The van der Waals surface area contributed by atoms with Gasteiger partial charge in [0.05, 0.1) is 14.2 Å². The van der Waals surface area contributed by atoms with Gasteiger partial charge in [-0.1, -0.05) is 6.07 Å². The first-order chi connectivity index (χ1) is 13.8. The molecule has 0 radical (unpaired) electrons. The lowest BCUT2D eigenvalue weighted by molar-refractivity contribution is -0.146. The highest BCUT2D eigenvalue weighted by molar-refractivity contribution is 5.97. The lowest BCUT2D eigenvalue weighted by Crippen LogP contribution is -2.32. The Bertz CT molecular complexity index is 894. The van der Waals surface area contributed by atoms with E-state index in [1.807, 2.05) is 0 Å². The summed E-state index contributed by atoms with van der Waals surface area (Å²) in [5.74, 6) is -1.61. The molecule has 29 heavy (non-hydrogen) atoms. The molecule has 154 valence electrons. The molecule has 8 nitrogen and oxygen atoms in total. The normalized spacial score (nSPS) is 10.1. The third kappa shape index (κ3) is 6.49. The maximum atomic E-state index is 13.5. The molecule has 2 aromatic carbocycles. The summed E-state index contributed by atoms with van der Waals surface area (Å²) in [5.41, 5.74) is 0.918. The van der Waals surface area contributed by atoms with Crippen LogP contribution in [-0.2, 0) is 14.3 Å². The van der Waals surface area contributed by atoms with Crippen LogP contribution in [0.3, 0.4) is 0 Å². The molecule has 0 heterocycles. The number of benzene rings is 2. The second kappa shape index (κ2) is 10.1. The molecular formula is C20H21FN2O6. The van der Waals surface area contributed by atoms with Crippen molar-refractivity contribution in [2.24, 2.45) is 0 Å². The van der Waals surface area contributed by atoms with Crippen LogP contribution < -0.4 is 20.1 Å². The van der Waals surface area contributed by atoms with Crippen LogP contribution >= 0.6 is 0 Å². The van der Waals surface area contributed by atoms with E-state index in [1.165, 1.54) is 38.5 Å². The summed E-state index contributed by atoms with van der Waals surface area (Å²) >= 11 is 0. The molecular weight excluding hydrogens is 383 g/mol. The van der Waals surface area contributed by atoms with Gasteiger partial charge in [-0.15, -0.1) is 0 Å². The highest BCUT2D eigenvalue weighted by atomic mass is 19.1. The summed E-state index contributed by atoms with van der Waals surface area (Å²) in [7, 11) is 2.90. The van der Waals surface area contributed by atoms with Gasteiger partial charge in [0.2, 0.25) is 0 Å². The smallest absolute Gasteiger partial charge is 0.325 e. The maximum absolute atomic E-state index is 13.5. The van der Waals surface area contributed by atoms with E-state index in [0.717, 1.165) is 6.07 Å². The van der Waals surface area contributed by atoms with Gasteiger partial charge in [0.15, 0.2) is 6.61 Å². The number of esters is 1. The zero-order chi connectivity index (χ0) is 21.4. The molecule has 0 aliphatic rings. The topological polar surface area (TPSA) is 103 Å². The molecule has 0 spiro atoms. The van der Waals surface area contributed by atoms with Crippen LogP contribution in [0, 0.1) is 12.7 Å². The van der Waals surface area contributed by atoms with Crippen LogP contribution in [-0.4, -0.2) is 45.2 Å². The van der Waals surface area contributed by atoms with Gasteiger partial charge in [-0.2, -0.15) is 0 Å². The Morgan fingerprint density at radius 1 is 1.00 bits per heavy atom. The number of carbonyl (C=O) groups is 3. The summed E-state index contributed by atoms with van der Waals surface area (Å²) in [4.78, 5) is 35.7. The fourth-order valence-corrected chi connectivity index (χ4v) is 2.26. The largest absolute Gasteiger partial charge is 0.497 e. The standard InChI is InChI=1S/C20H21FN2O6/c1-12-4-5-14(8-17(12)21)23-18(24)11-29-19(25)10-22-20(26)13-6-15(27-2)9-16(7-13)28-3/h4-9H,10-11H2,1-3H3,(H,22,26)(H,23,24). The van der Waals surface area contributed by atoms with Gasteiger partial charge in [-0.25, -0.2) is 4.39 Å². The molecule has 0 unspecified atom stereocenters. The molecule has 0 bridgehead atoms. The first-order valence-electron chi connectivity index (χ1n) is 8.55. The molecule has 2 N–H and O–H groups in total. The third-order valence-corrected chi connectivity index (χ3v) is 3.83. The monoisotopic (exact) mass is 404 g/mol. The number of amides is 2. The van der Waals surface area contributed by atoms with Crippen LogP contribution in [0.25, 0.3) is 0 Å². The minimum atomic E-state index is -0.807. The van der Waals surface area contributed by atoms with E-state index in [2.05, 4.69) is 10.6 Å². The van der Waals surface area contributed by atoms with Crippen LogP contribution in [0.15, 0.2) is 36.4 Å². The van der Waals surface area contributed by atoms with Crippen LogP contribution in [0.1, 0.15) is 15.9 Å². The lowest BCUT2D eigenvalue weighted by atomic mass is 10.2. The molecule has 0 fully saturated rings. The first-order valence-corrected chi connectivity index (χ1v) is 8.55. The van der Waals surface area contributed by atoms with Crippen LogP contribution in [0.4, 0.5) is 10.1 Å². The Morgan fingerprint density at radius 3 is 2.24 bits per heavy atom. The Labute approximate surface area is 166 Å². The predicted octanol–water partition coefficient (Wildman–Crippen LogP) is 2.06. The van der Waals surface area contributed by atoms with E-state index < -0.39 is 36.8 Å². The SMILES string of the molecule is COc1cc(OC)cc(C(=O)NCC(=O)OCC(=O)Nc2ccc(C)c(F)c2)c1. The van der Waals surface area contributed by atoms with Crippen molar-refractivity contribution in [2.45, 2.75) is 6.92 Å². The van der Waals surface area contributed by atoms with Crippen molar-refractivity contribution in [1.82, 2.24) is 5.32 Å². The number of methoxy groups -OCH3 is 2. The molecule has 0 aliphatic carbocycles. The molecule has 2 amide bonds. The van der Waals surface area contributed by atoms with Gasteiger partial charge < -0.3 is 24.8 Å². The number of carbonyl (C=O) groups excluding carboxylic acids is 3. The van der Waals surface area contributed by atoms with Crippen molar-refractivity contribution in [2.75, 3.05) is 32.7 Å². The van der Waals surface area contributed by atoms with Gasteiger partial charge in [0.1, 0.15) is 23.9 Å². The second-order valence-corrected chi connectivity index (χ2v) is 5.96. The summed E-state index contributed by atoms with van der Waals surface area (Å²) in [6, 6.07) is 8.77. The van der Waals surface area contributed by atoms with E-state index in [4.69, 9.17) is 14.2 Å². The first kappa shape index (κ1) is 21.7. The fraction of sp³-hybridized carbons (Fsp3) is 0.250. The highest BCUT2D eigenvalue weighted by Gasteiger charge is 2.13. The van der Waals surface area contributed by atoms with Gasteiger partial charge in [-0.3, -0.25) is 14.4 Å². The number of aryl methyl sites for hydroxylation is 1. The number of halogens is 1. The van der Waals surface area contributed by atoms with Crippen LogP contribution in [0.5, 0.6) is 11.5 Å². The zero-order valence-electron chi connectivity index (χ0n) is 16.2. The second-order valence-electron chi connectivity index (χ2n) is 5.96. The van der Waals surface area contributed by atoms with Crippen molar-refractivity contribution in [3.63, 3.8) is 0 Å². The third-order valence-electron chi connectivity index (χ3n) is 3.83. The van der Waals surface area contributed by atoms with E-state index in [-0.39, 0.29) is 11.3 Å². The Morgan fingerprint density at radius 2 is 1.66 bits per heavy atom. The Hall–Kier alpha value is -3.62. The zero-order valence-corrected chi connectivity index (χ0v) is 16.2. The Balaban J connectivity index is 1.81. The van der Waals surface area contributed by atoms with Gasteiger partial charge in [0, 0.05) is 17.3 Å². The van der Waals surface area contributed by atoms with Crippen molar-refractivity contribution in [1.29, 1.82) is 0 Å². The molecule has 0 aliphatic heterocycles. The Kier molecular flexibility index (Phi) is 7.53. The van der Waals surface area contributed by atoms with E-state index in [1.54, 1.807) is 13.0 Å². The quantitative estimate of drug-likeness (QED) is 0.653. The molecule has 2 aromatic rings. The lowest BCUT2D eigenvalue weighted by Gasteiger charge is -2.10. The number of rotatable bonds is 8. The highest BCUT2D eigenvalue weighted by Crippen LogP contribution is 2.22. The van der Waals surface area contributed by atoms with Crippen molar-refractivity contribution in [3.8, 4) is 11.5 Å². The van der Waals surface area contributed by atoms with E-state index >= 15 is 0 Å². The van der Waals surface area contributed by atoms with Crippen molar-refractivity contribution < 1.29 is 33.0 Å². The average molecular weight is 404 g/mol. The fourth-order valence-electron chi connectivity index (χ4n) is 2.26. The van der Waals surface area contributed by atoms with Gasteiger partial charge in [-0.05, 0) is 36.8 Å². The van der Waals surface area contributed by atoms with Crippen LogP contribution in [0.2, 0.25) is 0 Å². The maximum Gasteiger partial charge on any atom is 0.325 e. The molecule has 0 atom stereocenters. The molecule has 0 aromatic heterocycles. The summed E-state index contributed by atoms with van der Waals surface area (Å²) < 4.78 is 28.4. The average Bonchev–Trinajstić information content (AvgIpc) is 2.72. The summed E-state index contributed by atoms with van der Waals surface area (Å²) in [6.45, 7) is 0.584. The minimum Gasteiger partial charge on any atom is -0.497 e. The minimum absolute atomic E-state index is 0.230. The molecule has 0 saturated carbocycles. The molecule has 2 rings (SSSR count). The van der Waals surface area contributed by atoms with Gasteiger partial charge in [0.25, 0.3) is 11.8 Å². The molecule has 0 saturated heterocycles.